The van der Waals surface area contributed by atoms with E-state index in [9.17, 15) is 14.7 Å². The lowest BCUT2D eigenvalue weighted by atomic mass is 10.0. The third kappa shape index (κ3) is 6.35. The van der Waals surface area contributed by atoms with Crippen LogP contribution in [0.15, 0.2) is 71.1 Å². The fraction of sp³-hybridized carbons (Fsp3) is 0.241. The molecule has 39 heavy (non-hydrogen) atoms. The molecule has 4 rings (SSSR count). The van der Waals surface area contributed by atoms with E-state index in [1.54, 1.807) is 24.3 Å². The largest absolute Gasteiger partial charge is 0.493 e. The number of amides is 1. The van der Waals surface area contributed by atoms with Gasteiger partial charge in [-0.2, -0.15) is 0 Å². The van der Waals surface area contributed by atoms with Crippen LogP contribution in [0.2, 0.25) is 0 Å². The first-order valence-electron chi connectivity index (χ1n) is 12.2. The third-order valence-electron chi connectivity index (χ3n) is 6.20. The summed E-state index contributed by atoms with van der Waals surface area (Å²) in [6.07, 6.45) is 0.789. The minimum Gasteiger partial charge on any atom is -0.493 e. The second-order valence-corrected chi connectivity index (χ2v) is 8.62. The summed E-state index contributed by atoms with van der Waals surface area (Å²) in [5.74, 6) is 0.850. The summed E-state index contributed by atoms with van der Waals surface area (Å²) in [5, 5.41) is 17.7. The molecule has 0 aliphatic rings. The molecular formula is C29H29N3O7. The third-order valence-corrected chi connectivity index (χ3v) is 6.20. The highest BCUT2D eigenvalue weighted by atomic mass is 16.5. The molecule has 1 amide bonds. The Kier molecular flexibility index (Phi) is 8.78. The highest BCUT2D eigenvalue weighted by molar-refractivity contribution is 5.78. The van der Waals surface area contributed by atoms with Gasteiger partial charge in [0.15, 0.2) is 11.5 Å². The number of nitrogens with zero attached hydrogens (tertiary/aromatic N) is 3. The first-order chi connectivity index (χ1) is 19.0. The average Bonchev–Trinajstić information content (AvgIpc) is 3.43. The van der Waals surface area contributed by atoms with Crippen LogP contribution in [0.25, 0.3) is 11.1 Å². The van der Waals surface area contributed by atoms with Gasteiger partial charge in [-0.3, -0.25) is 9.59 Å². The van der Waals surface area contributed by atoms with Gasteiger partial charge >= 0.3 is 5.97 Å². The molecule has 0 aliphatic carbocycles. The number of benzene rings is 3. The molecule has 10 heteroatoms. The molecular weight excluding hydrogens is 502 g/mol. The van der Waals surface area contributed by atoms with Crippen LogP contribution in [-0.2, 0) is 16.0 Å². The fourth-order valence-electron chi connectivity index (χ4n) is 4.30. The van der Waals surface area contributed by atoms with Crippen LogP contribution in [0.4, 0.5) is 5.69 Å². The molecule has 0 aliphatic heterocycles. The van der Waals surface area contributed by atoms with Gasteiger partial charge in [0, 0.05) is 12.1 Å². The van der Waals surface area contributed by atoms with Crippen molar-refractivity contribution in [3.05, 3.63) is 84.1 Å². The average molecular weight is 532 g/mol. The minimum absolute atomic E-state index is 0.0837. The van der Waals surface area contributed by atoms with E-state index in [2.05, 4.69) is 10.2 Å². The summed E-state index contributed by atoms with van der Waals surface area (Å²) in [4.78, 5) is 25.1. The van der Waals surface area contributed by atoms with Crippen LogP contribution >= 0.6 is 0 Å². The Bertz CT molecular complexity index is 1380. The van der Waals surface area contributed by atoms with Crippen molar-refractivity contribution in [3.63, 3.8) is 0 Å². The molecule has 1 unspecified atom stereocenters. The van der Waals surface area contributed by atoms with E-state index < -0.39 is 12.0 Å². The first-order valence-corrected chi connectivity index (χ1v) is 12.2. The minimum atomic E-state index is -0.998. The predicted octanol–water partition coefficient (Wildman–Crippen LogP) is 4.92. The van der Waals surface area contributed by atoms with Crippen molar-refractivity contribution in [1.82, 2.24) is 10.2 Å². The number of carboxylic acid groups (broad SMARTS) is 1. The summed E-state index contributed by atoms with van der Waals surface area (Å²) in [7, 11) is 4.58. The van der Waals surface area contributed by atoms with Gasteiger partial charge in [-0.15, -0.1) is 10.2 Å². The molecule has 1 heterocycles. The molecule has 0 radical (unpaired) electrons. The summed E-state index contributed by atoms with van der Waals surface area (Å²) < 4.78 is 22.2. The molecule has 202 valence electrons. The number of ether oxygens (including phenoxy) is 3. The monoisotopic (exact) mass is 531 g/mol. The van der Waals surface area contributed by atoms with Crippen LogP contribution in [0, 0.1) is 0 Å². The lowest BCUT2D eigenvalue weighted by Gasteiger charge is -2.25. The molecule has 0 spiro atoms. The summed E-state index contributed by atoms with van der Waals surface area (Å²) >= 11 is 0. The Balaban J connectivity index is 1.61. The Labute approximate surface area is 225 Å². The number of aromatic nitrogens is 2. The van der Waals surface area contributed by atoms with Crippen molar-refractivity contribution in [2.75, 3.05) is 26.2 Å². The number of aliphatic carboxylic acids is 1. The SMILES string of the molecule is COc1cc(Cc2nnc(C(CCC(=O)O)N(C=O)c3ccc(-c4ccccc4)cc3)o2)cc(OC)c1OC. The Hall–Kier alpha value is -4.86. The molecule has 4 aromatic rings. The number of hydrogen-bond acceptors (Lipinski definition) is 8. The molecule has 1 atom stereocenters. The number of rotatable bonds is 13. The van der Waals surface area contributed by atoms with Gasteiger partial charge in [-0.25, -0.2) is 0 Å². The van der Waals surface area contributed by atoms with Crippen molar-refractivity contribution < 1.29 is 33.3 Å². The van der Waals surface area contributed by atoms with Crippen molar-refractivity contribution in [2.24, 2.45) is 0 Å². The summed E-state index contributed by atoms with van der Waals surface area (Å²) in [5.41, 5.74) is 3.37. The first kappa shape index (κ1) is 27.2. The Morgan fingerprint density at radius 2 is 1.59 bits per heavy atom. The van der Waals surface area contributed by atoms with E-state index in [4.69, 9.17) is 18.6 Å². The number of hydrogen-bond donors (Lipinski definition) is 1. The van der Waals surface area contributed by atoms with E-state index in [1.807, 2.05) is 42.5 Å². The van der Waals surface area contributed by atoms with Crippen LogP contribution in [0.5, 0.6) is 17.2 Å². The quantitative estimate of drug-likeness (QED) is 0.239. The zero-order chi connectivity index (χ0) is 27.8. The summed E-state index contributed by atoms with van der Waals surface area (Å²) in [6, 6.07) is 20.0. The smallest absolute Gasteiger partial charge is 0.303 e. The van der Waals surface area contributed by atoms with Crippen molar-refractivity contribution in [2.45, 2.75) is 25.3 Å². The molecule has 0 saturated carbocycles. The van der Waals surface area contributed by atoms with Crippen LogP contribution in [0.1, 0.15) is 36.2 Å². The van der Waals surface area contributed by atoms with Crippen LogP contribution in [0.3, 0.4) is 0 Å². The highest BCUT2D eigenvalue weighted by Gasteiger charge is 2.27. The normalized spacial score (nSPS) is 11.5. The van der Waals surface area contributed by atoms with Gasteiger partial charge in [0.25, 0.3) is 0 Å². The number of anilines is 1. The Morgan fingerprint density at radius 1 is 0.949 bits per heavy atom. The molecule has 1 aromatic heterocycles. The zero-order valence-corrected chi connectivity index (χ0v) is 21.9. The fourth-order valence-corrected chi connectivity index (χ4v) is 4.30. The number of methoxy groups -OCH3 is 3. The zero-order valence-electron chi connectivity index (χ0n) is 21.9. The van der Waals surface area contributed by atoms with E-state index in [1.165, 1.54) is 26.2 Å². The second-order valence-electron chi connectivity index (χ2n) is 8.62. The van der Waals surface area contributed by atoms with Crippen LogP contribution in [-0.4, -0.2) is 49.0 Å². The maximum atomic E-state index is 12.3. The maximum Gasteiger partial charge on any atom is 0.303 e. The van der Waals surface area contributed by atoms with E-state index in [-0.39, 0.29) is 31.0 Å². The van der Waals surface area contributed by atoms with Crippen molar-refractivity contribution in [3.8, 4) is 28.4 Å². The molecule has 1 N–H and O–H groups in total. The second kappa shape index (κ2) is 12.6. The molecule has 0 fully saturated rings. The number of carboxylic acids is 1. The van der Waals surface area contributed by atoms with Crippen LogP contribution < -0.4 is 19.1 Å². The molecule has 3 aromatic carbocycles. The van der Waals surface area contributed by atoms with E-state index in [0.29, 0.717) is 29.3 Å². The maximum absolute atomic E-state index is 12.3. The Morgan fingerprint density at radius 3 is 2.15 bits per heavy atom. The van der Waals surface area contributed by atoms with Gasteiger partial charge in [0.05, 0.1) is 27.8 Å². The van der Waals surface area contributed by atoms with E-state index >= 15 is 0 Å². The van der Waals surface area contributed by atoms with Gasteiger partial charge in [0.1, 0.15) is 6.04 Å². The predicted molar refractivity (Wildman–Crippen MR) is 143 cm³/mol. The van der Waals surface area contributed by atoms with Gasteiger partial charge in [-0.05, 0) is 47.4 Å². The van der Waals surface area contributed by atoms with E-state index in [0.717, 1.165) is 16.7 Å². The molecule has 0 bridgehead atoms. The van der Waals surface area contributed by atoms with Crippen molar-refractivity contribution >= 4 is 18.1 Å². The summed E-state index contributed by atoms with van der Waals surface area (Å²) in [6.45, 7) is 0. The van der Waals surface area contributed by atoms with Gasteiger partial charge < -0.3 is 28.6 Å². The standard InChI is InChI=1S/C29H29N3O7/c1-36-24-15-19(16-25(37-2)28(24)38-3)17-26-30-31-29(39-26)23(13-14-27(34)35)32(18-33)22-11-9-21(10-12-22)20-7-5-4-6-8-20/h4-12,15-16,18,23H,13-14,17H2,1-3H3,(H,34,35). The topological polar surface area (TPSA) is 124 Å². The van der Waals surface area contributed by atoms with Gasteiger partial charge in [0.2, 0.25) is 23.9 Å². The number of carbonyl (C=O) groups excluding carboxylic acids is 1. The molecule has 0 saturated heterocycles. The highest BCUT2D eigenvalue weighted by Crippen LogP contribution is 2.39. The number of carbonyl (C=O) groups is 2. The lowest BCUT2D eigenvalue weighted by Crippen LogP contribution is -2.28. The van der Waals surface area contributed by atoms with Crippen molar-refractivity contribution in [1.29, 1.82) is 0 Å². The molecule has 10 nitrogen and oxygen atoms in total. The lowest BCUT2D eigenvalue weighted by molar-refractivity contribution is -0.137. The van der Waals surface area contributed by atoms with Gasteiger partial charge in [-0.1, -0.05) is 42.5 Å².